The summed E-state index contributed by atoms with van der Waals surface area (Å²) < 4.78 is 0. The molecule has 1 aromatic heterocycles. The van der Waals surface area contributed by atoms with Gasteiger partial charge in [-0.3, -0.25) is 9.89 Å². The maximum Gasteiger partial charge on any atom is 0.271 e. The molecule has 0 aliphatic rings. The number of hydrogen-bond donors (Lipinski definition) is 2. The van der Waals surface area contributed by atoms with Crippen LogP contribution >= 0.6 is 0 Å². The fourth-order valence-corrected chi connectivity index (χ4v) is 1.67. The van der Waals surface area contributed by atoms with Gasteiger partial charge in [0.2, 0.25) is 0 Å². The molecule has 0 bridgehead atoms. The van der Waals surface area contributed by atoms with Crippen LogP contribution in [0.1, 0.15) is 36.5 Å². The third kappa shape index (κ3) is 4.56. The lowest BCUT2D eigenvalue weighted by atomic mass is 10.3. The Morgan fingerprint density at radius 1 is 1.47 bits per heavy atom. The predicted molar refractivity (Wildman–Crippen MR) is 68.1 cm³/mol. The number of rotatable bonds is 7. The molecule has 0 saturated heterocycles. The van der Waals surface area contributed by atoms with E-state index in [1.807, 2.05) is 6.92 Å². The Balaban J connectivity index is 2.21. The summed E-state index contributed by atoms with van der Waals surface area (Å²) in [4.78, 5) is 14.0. The van der Waals surface area contributed by atoms with Crippen molar-refractivity contribution in [1.82, 2.24) is 20.4 Å². The Labute approximate surface area is 103 Å². The van der Waals surface area contributed by atoms with Crippen LogP contribution in [0.2, 0.25) is 0 Å². The highest BCUT2D eigenvalue weighted by molar-refractivity contribution is 5.92. The summed E-state index contributed by atoms with van der Waals surface area (Å²) in [6.45, 7) is 10.0. The van der Waals surface area contributed by atoms with E-state index >= 15 is 0 Å². The summed E-state index contributed by atoms with van der Waals surface area (Å²) in [7, 11) is 0. The molecule has 0 fully saturated rings. The molecule has 0 spiro atoms. The van der Waals surface area contributed by atoms with E-state index in [-0.39, 0.29) is 5.91 Å². The first-order valence-corrected chi connectivity index (χ1v) is 6.20. The van der Waals surface area contributed by atoms with E-state index in [4.69, 9.17) is 0 Å². The molecule has 5 nitrogen and oxygen atoms in total. The van der Waals surface area contributed by atoms with Crippen LogP contribution in [-0.4, -0.2) is 47.2 Å². The van der Waals surface area contributed by atoms with Gasteiger partial charge in [0.25, 0.3) is 5.91 Å². The van der Waals surface area contributed by atoms with E-state index in [9.17, 15) is 4.79 Å². The molecule has 1 rings (SSSR count). The van der Waals surface area contributed by atoms with Crippen LogP contribution in [-0.2, 0) is 0 Å². The first kappa shape index (κ1) is 13.7. The van der Waals surface area contributed by atoms with Gasteiger partial charge in [-0.2, -0.15) is 5.10 Å². The summed E-state index contributed by atoms with van der Waals surface area (Å²) in [5.74, 6) is -0.103. The molecule has 0 aliphatic heterocycles. The van der Waals surface area contributed by atoms with Crippen molar-refractivity contribution < 1.29 is 4.79 Å². The van der Waals surface area contributed by atoms with Crippen molar-refractivity contribution in [3.05, 3.63) is 17.5 Å². The van der Waals surface area contributed by atoms with Crippen molar-refractivity contribution in [1.29, 1.82) is 0 Å². The molecule has 0 saturated carbocycles. The number of hydrogen-bond acceptors (Lipinski definition) is 3. The summed E-state index contributed by atoms with van der Waals surface area (Å²) in [6.07, 6.45) is 0.969. The van der Waals surface area contributed by atoms with E-state index in [2.05, 4.69) is 34.3 Å². The normalized spacial score (nSPS) is 10.8. The summed E-state index contributed by atoms with van der Waals surface area (Å²) in [5, 5.41) is 9.54. The molecule has 17 heavy (non-hydrogen) atoms. The van der Waals surface area contributed by atoms with Gasteiger partial charge in [-0.1, -0.05) is 13.8 Å². The largest absolute Gasteiger partial charge is 0.351 e. The molecule has 0 atom stereocenters. The van der Waals surface area contributed by atoms with Gasteiger partial charge in [0.15, 0.2) is 0 Å². The van der Waals surface area contributed by atoms with Crippen molar-refractivity contribution in [2.75, 3.05) is 26.2 Å². The second kappa shape index (κ2) is 7.06. The first-order valence-electron chi connectivity index (χ1n) is 6.20. The number of H-pyrrole nitrogens is 1. The Bertz CT molecular complexity index is 344. The monoisotopic (exact) mass is 238 g/mol. The van der Waals surface area contributed by atoms with Crippen molar-refractivity contribution in [2.45, 2.75) is 27.2 Å². The SMILES string of the molecule is CCN(CC)CCCNC(=O)c1cc(C)[nH]n1. The predicted octanol–water partition coefficient (Wildman–Crippen LogP) is 1.18. The number of aromatic nitrogens is 2. The van der Waals surface area contributed by atoms with Gasteiger partial charge in [0, 0.05) is 12.2 Å². The Morgan fingerprint density at radius 3 is 2.71 bits per heavy atom. The van der Waals surface area contributed by atoms with Crippen LogP contribution in [0.4, 0.5) is 0 Å². The molecule has 1 aromatic rings. The minimum atomic E-state index is -0.103. The maximum atomic E-state index is 11.6. The minimum Gasteiger partial charge on any atom is -0.351 e. The molecule has 0 aliphatic carbocycles. The molecule has 0 radical (unpaired) electrons. The van der Waals surface area contributed by atoms with E-state index in [0.29, 0.717) is 12.2 Å². The number of carbonyl (C=O) groups excluding carboxylic acids is 1. The number of amides is 1. The average Bonchev–Trinajstić information content (AvgIpc) is 2.76. The number of nitrogens with zero attached hydrogens (tertiary/aromatic N) is 2. The van der Waals surface area contributed by atoms with E-state index < -0.39 is 0 Å². The second-order valence-corrected chi connectivity index (χ2v) is 4.07. The van der Waals surface area contributed by atoms with Gasteiger partial charge in [-0.05, 0) is 39.0 Å². The van der Waals surface area contributed by atoms with Gasteiger partial charge in [0.1, 0.15) is 5.69 Å². The number of aryl methyl sites for hydroxylation is 1. The zero-order valence-corrected chi connectivity index (χ0v) is 10.9. The highest BCUT2D eigenvalue weighted by atomic mass is 16.1. The fraction of sp³-hybridized carbons (Fsp3) is 0.667. The smallest absolute Gasteiger partial charge is 0.271 e. The Kier molecular flexibility index (Phi) is 5.69. The number of aromatic amines is 1. The zero-order valence-electron chi connectivity index (χ0n) is 10.9. The molecule has 2 N–H and O–H groups in total. The molecular weight excluding hydrogens is 216 g/mol. The number of nitrogens with one attached hydrogen (secondary N) is 2. The molecule has 0 aromatic carbocycles. The number of carbonyl (C=O) groups is 1. The van der Waals surface area contributed by atoms with Gasteiger partial charge in [-0.25, -0.2) is 0 Å². The summed E-state index contributed by atoms with van der Waals surface area (Å²) >= 11 is 0. The third-order valence-corrected chi connectivity index (χ3v) is 2.77. The van der Waals surface area contributed by atoms with Gasteiger partial charge < -0.3 is 10.2 Å². The molecule has 96 valence electrons. The van der Waals surface area contributed by atoms with E-state index in [1.54, 1.807) is 6.07 Å². The van der Waals surface area contributed by atoms with Crippen LogP contribution in [0.3, 0.4) is 0 Å². The summed E-state index contributed by atoms with van der Waals surface area (Å²) in [6, 6.07) is 1.75. The van der Waals surface area contributed by atoms with Crippen LogP contribution in [0, 0.1) is 6.92 Å². The van der Waals surface area contributed by atoms with Crippen LogP contribution in [0.5, 0.6) is 0 Å². The quantitative estimate of drug-likeness (QED) is 0.701. The molecular formula is C12H22N4O. The molecule has 1 amide bonds. The van der Waals surface area contributed by atoms with Crippen molar-refractivity contribution in [3.8, 4) is 0 Å². The van der Waals surface area contributed by atoms with Crippen LogP contribution in [0.25, 0.3) is 0 Å². The topological polar surface area (TPSA) is 61.0 Å². The van der Waals surface area contributed by atoms with Crippen LogP contribution < -0.4 is 5.32 Å². The standard InChI is InChI=1S/C12H22N4O/c1-4-16(5-2)8-6-7-13-12(17)11-9-10(3)14-15-11/h9H,4-8H2,1-3H3,(H,13,17)(H,14,15). The molecule has 5 heteroatoms. The third-order valence-electron chi connectivity index (χ3n) is 2.77. The van der Waals surface area contributed by atoms with Gasteiger partial charge in [-0.15, -0.1) is 0 Å². The molecule has 0 unspecified atom stereocenters. The fourth-order valence-electron chi connectivity index (χ4n) is 1.67. The van der Waals surface area contributed by atoms with Crippen molar-refractivity contribution in [3.63, 3.8) is 0 Å². The van der Waals surface area contributed by atoms with Crippen molar-refractivity contribution >= 4 is 5.91 Å². The zero-order chi connectivity index (χ0) is 12.7. The first-order chi connectivity index (χ1) is 8.17. The lowest BCUT2D eigenvalue weighted by Crippen LogP contribution is -2.30. The van der Waals surface area contributed by atoms with E-state index in [1.165, 1.54) is 0 Å². The van der Waals surface area contributed by atoms with Gasteiger partial charge in [0.05, 0.1) is 0 Å². The van der Waals surface area contributed by atoms with Crippen molar-refractivity contribution in [2.24, 2.45) is 0 Å². The maximum absolute atomic E-state index is 11.6. The summed E-state index contributed by atoms with van der Waals surface area (Å²) in [5.41, 5.74) is 1.36. The van der Waals surface area contributed by atoms with E-state index in [0.717, 1.165) is 31.7 Å². The average molecular weight is 238 g/mol. The van der Waals surface area contributed by atoms with Gasteiger partial charge >= 0.3 is 0 Å². The Morgan fingerprint density at radius 2 is 2.18 bits per heavy atom. The lowest BCUT2D eigenvalue weighted by molar-refractivity contribution is 0.0947. The lowest BCUT2D eigenvalue weighted by Gasteiger charge is -2.17. The highest BCUT2D eigenvalue weighted by Crippen LogP contribution is 1.97. The van der Waals surface area contributed by atoms with Crippen LogP contribution in [0.15, 0.2) is 6.07 Å². The Hall–Kier alpha value is -1.36. The highest BCUT2D eigenvalue weighted by Gasteiger charge is 2.08. The molecule has 1 heterocycles. The minimum absolute atomic E-state index is 0.103. The second-order valence-electron chi connectivity index (χ2n) is 4.07.